The van der Waals surface area contributed by atoms with E-state index < -0.39 is 13.7 Å². The Morgan fingerprint density at radius 1 is 1.18 bits per heavy atom. The van der Waals surface area contributed by atoms with Crippen LogP contribution >= 0.6 is 0 Å². The first-order valence-corrected chi connectivity index (χ1v) is 15.3. The van der Waals surface area contributed by atoms with Crippen LogP contribution in [0.3, 0.4) is 0 Å². The van der Waals surface area contributed by atoms with Crippen LogP contribution in [0.1, 0.15) is 39.8 Å². The highest BCUT2D eigenvalue weighted by Gasteiger charge is 2.30. The van der Waals surface area contributed by atoms with Crippen molar-refractivity contribution in [1.29, 1.82) is 0 Å². The average Bonchev–Trinajstić information content (AvgIpc) is 2.70. The highest BCUT2D eigenvalue weighted by Crippen LogP contribution is 2.29. The zero-order valence-corrected chi connectivity index (χ0v) is 22.0. The van der Waals surface area contributed by atoms with Gasteiger partial charge in [0.2, 0.25) is 0 Å². The number of rotatable bonds is 6. The van der Waals surface area contributed by atoms with Crippen molar-refractivity contribution < 1.29 is 14.3 Å². The molecule has 0 fully saturated rings. The van der Waals surface area contributed by atoms with Crippen molar-refractivity contribution in [2.24, 2.45) is 5.92 Å². The fraction of sp³-hybridized carbons (Fsp3) is 0.560. The predicted octanol–water partition coefficient (Wildman–Crippen LogP) is 5.33. The molecule has 33 heavy (non-hydrogen) atoms. The summed E-state index contributed by atoms with van der Waals surface area (Å²) in [4.78, 5) is 31.9. The fourth-order valence-electron chi connectivity index (χ4n) is 3.63. The van der Waals surface area contributed by atoms with Crippen molar-refractivity contribution in [3.05, 3.63) is 46.4 Å². The van der Waals surface area contributed by atoms with E-state index >= 15 is 0 Å². The number of carbonyl (C=O) groups is 1. The topological polar surface area (TPSA) is 73.7 Å². The van der Waals surface area contributed by atoms with Gasteiger partial charge in [-0.05, 0) is 57.4 Å². The third-order valence-electron chi connectivity index (χ3n) is 5.43. The molecule has 0 spiro atoms. The van der Waals surface area contributed by atoms with Gasteiger partial charge in [-0.1, -0.05) is 32.6 Å². The lowest BCUT2D eigenvalue weighted by molar-refractivity contribution is 0.0327. The summed E-state index contributed by atoms with van der Waals surface area (Å²) in [7, 11) is -1.20. The number of amides is 1. The smallest absolute Gasteiger partial charge is 0.414 e. The molecule has 2 aromatic rings. The van der Waals surface area contributed by atoms with Crippen molar-refractivity contribution >= 4 is 30.9 Å². The van der Waals surface area contributed by atoms with Gasteiger partial charge in [-0.15, -0.1) is 0 Å². The quantitative estimate of drug-likeness (QED) is 0.421. The van der Waals surface area contributed by atoms with Crippen LogP contribution in [0.2, 0.25) is 25.7 Å². The second kappa shape index (κ2) is 9.81. The van der Waals surface area contributed by atoms with Gasteiger partial charge in [0.25, 0.3) is 5.56 Å². The molecular weight excluding hydrogens is 434 g/mol. The van der Waals surface area contributed by atoms with Gasteiger partial charge in [0.15, 0.2) is 0 Å². The molecule has 0 radical (unpaired) electrons. The molecule has 0 aliphatic carbocycles. The number of carbonyl (C=O) groups excluding carboxylic acids is 1. The van der Waals surface area contributed by atoms with Crippen molar-refractivity contribution in [3.63, 3.8) is 0 Å². The number of allylic oxidation sites excluding steroid dienone is 1. The number of fused-ring (bicyclic) bond motifs is 1. The third kappa shape index (κ3) is 6.77. The van der Waals surface area contributed by atoms with Crippen LogP contribution in [0, 0.1) is 5.92 Å². The second-order valence-electron chi connectivity index (χ2n) is 11.1. The fourth-order valence-corrected chi connectivity index (χ4v) is 4.38. The lowest BCUT2D eigenvalue weighted by Gasteiger charge is -2.33. The summed E-state index contributed by atoms with van der Waals surface area (Å²) in [5, 5.41) is 0. The molecule has 1 unspecified atom stereocenters. The van der Waals surface area contributed by atoms with Crippen LogP contribution in [0.15, 0.2) is 35.1 Å². The summed E-state index contributed by atoms with van der Waals surface area (Å²) in [6, 6.07) is 8.03. The number of aromatic nitrogens is 2. The Morgan fingerprint density at radius 2 is 1.91 bits per heavy atom. The van der Waals surface area contributed by atoms with Gasteiger partial charge in [-0.2, -0.15) is 0 Å². The maximum absolute atomic E-state index is 12.9. The van der Waals surface area contributed by atoms with Gasteiger partial charge in [0.1, 0.15) is 12.3 Å². The van der Waals surface area contributed by atoms with Crippen LogP contribution in [0.25, 0.3) is 16.7 Å². The van der Waals surface area contributed by atoms with Crippen LogP contribution in [0.5, 0.6) is 0 Å². The zero-order chi connectivity index (χ0) is 24.4. The lowest BCUT2D eigenvalue weighted by atomic mass is 10.0. The average molecular weight is 472 g/mol. The Kier molecular flexibility index (Phi) is 7.48. The van der Waals surface area contributed by atoms with E-state index in [1.54, 1.807) is 15.5 Å². The maximum Gasteiger partial charge on any atom is 0.414 e. The minimum Gasteiger partial charge on any atom is -0.443 e. The normalized spacial score (nSPS) is 17.2. The van der Waals surface area contributed by atoms with E-state index in [9.17, 15) is 9.59 Å². The molecule has 8 heteroatoms. The summed E-state index contributed by atoms with van der Waals surface area (Å²) in [6.07, 6.45) is 2.53. The Morgan fingerprint density at radius 3 is 2.58 bits per heavy atom. The molecule has 1 aliphatic heterocycles. The summed E-state index contributed by atoms with van der Waals surface area (Å²) in [5.74, 6) is 0.334. The number of pyridine rings is 2. The molecule has 2 aromatic heterocycles. The SMILES string of the molecule is CC1CC=C(c2ccc3c(ccc(=O)n3COCC[Si](C)(C)C)n2)N(C(=O)OC(C)(C)C)C1. The maximum atomic E-state index is 12.9. The Bertz CT molecular complexity index is 1100. The Balaban J connectivity index is 1.88. The first-order valence-electron chi connectivity index (χ1n) is 11.6. The lowest BCUT2D eigenvalue weighted by Crippen LogP contribution is -2.40. The van der Waals surface area contributed by atoms with Gasteiger partial charge >= 0.3 is 6.09 Å². The van der Waals surface area contributed by atoms with Gasteiger partial charge in [0, 0.05) is 27.3 Å². The molecule has 0 N–H and O–H groups in total. The predicted molar refractivity (Wildman–Crippen MR) is 135 cm³/mol. The van der Waals surface area contributed by atoms with Crippen molar-refractivity contribution in [2.75, 3.05) is 13.2 Å². The minimum absolute atomic E-state index is 0.119. The highest BCUT2D eigenvalue weighted by atomic mass is 28.3. The number of hydrogen-bond acceptors (Lipinski definition) is 5. The Hall–Kier alpha value is -2.45. The third-order valence-corrected chi connectivity index (χ3v) is 7.14. The van der Waals surface area contributed by atoms with Crippen molar-refractivity contribution in [3.8, 4) is 0 Å². The molecule has 7 nitrogen and oxygen atoms in total. The molecule has 0 bridgehead atoms. The monoisotopic (exact) mass is 471 g/mol. The summed E-state index contributed by atoms with van der Waals surface area (Å²) in [5.41, 5.74) is 2.13. The number of ether oxygens (including phenoxy) is 2. The largest absolute Gasteiger partial charge is 0.443 e. The number of hydrogen-bond donors (Lipinski definition) is 0. The van der Waals surface area contributed by atoms with Crippen LogP contribution in [0.4, 0.5) is 4.79 Å². The van der Waals surface area contributed by atoms with E-state index in [4.69, 9.17) is 14.5 Å². The van der Waals surface area contributed by atoms with E-state index in [0.29, 0.717) is 35.8 Å². The molecule has 1 aliphatic rings. The highest BCUT2D eigenvalue weighted by molar-refractivity contribution is 6.76. The Labute approximate surface area is 197 Å². The first kappa shape index (κ1) is 25.2. The molecule has 3 rings (SSSR count). The second-order valence-corrected chi connectivity index (χ2v) is 16.7. The molecule has 0 saturated heterocycles. The van der Waals surface area contributed by atoms with E-state index in [1.807, 2.05) is 39.0 Å². The summed E-state index contributed by atoms with van der Waals surface area (Å²) >= 11 is 0. The first-order chi connectivity index (χ1) is 15.3. The van der Waals surface area contributed by atoms with Crippen LogP contribution < -0.4 is 5.56 Å². The molecule has 1 atom stereocenters. The minimum atomic E-state index is -1.20. The number of nitrogens with zero attached hydrogens (tertiary/aromatic N) is 3. The molecule has 1 amide bonds. The molecule has 0 saturated carbocycles. The molecule has 0 aromatic carbocycles. The van der Waals surface area contributed by atoms with Crippen molar-refractivity contribution in [1.82, 2.24) is 14.5 Å². The van der Waals surface area contributed by atoms with Crippen LogP contribution in [-0.2, 0) is 16.2 Å². The van der Waals surface area contributed by atoms with E-state index in [0.717, 1.165) is 18.2 Å². The standard InChI is InChI=1S/C25H37N3O4Si/c1-18-8-11-21(27(16-18)24(30)32-25(2,3)4)19-9-12-22-20(26-19)10-13-23(29)28(22)17-31-14-15-33(5,6)7/h9-13,18H,8,14-17H2,1-7H3. The zero-order valence-electron chi connectivity index (χ0n) is 21.0. The summed E-state index contributed by atoms with van der Waals surface area (Å²) in [6.45, 7) is 16.0. The molecule has 180 valence electrons. The van der Waals surface area contributed by atoms with E-state index in [-0.39, 0.29) is 18.4 Å². The molecular formula is C25H37N3O4Si. The van der Waals surface area contributed by atoms with Gasteiger partial charge < -0.3 is 9.47 Å². The van der Waals surface area contributed by atoms with E-state index in [2.05, 4.69) is 26.6 Å². The van der Waals surface area contributed by atoms with Gasteiger partial charge in [-0.25, -0.2) is 9.78 Å². The molecule has 3 heterocycles. The van der Waals surface area contributed by atoms with Gasteiger partial charge in [0.05, 0.1) is 22.4 Å². The van der Waals surface area contributed by atoms with Crippen molar-refractivity contribution in [2.45, 2.75) is 72.1 Å². The summed E-state index contributed by atoms with van der Waals surface area (Å²) < 4.78 is 13.1. The van der Waals surface area contributed by atoms with Crippen LogP contribution in [-0.4, -0.2) is 47.4 Å². The van der Waals surface area contributed by atoms with Gasteiger partial charge in [-0.3, -0.25) is 14.3 Å². The van der Waals surface area contributed by atoms with E-state index in [1.165, 1.54) is 6.07 Å².